The van der Waals surface area contributed by atoms with Crippen molar-refractivity contribution in [2.75, 3.05) is 6.54 Å². The molecule has 13 heavy (non-hydrogen) atoms. The van der Waals surface area contributed by atoms with Crippen LogP contribution in [0.2, 0.25) is 0 Å². The van der Waals surface area contributed by atoms with E-state index in [1.165, 1.54) is 6.42 Å². The van der Waals surface area contributed by atoms with Crippen molar-refractivity contribution in [1.29, 1.82) is 0 Å². The highest BCUT2D eigenvalue weighted by atomic mass is 35.5. The Balaban J connectivity index is 3.42. The second kappa shape index (κ2) is 5.87. The number of alkyl halides is 1. The van der Waals surface area contributed by atoms with Crippen molar-refractivity contribution < 1.29 is 0 Å². The molecule has 0 aromatic heterocycles. The number of hydrogen-bond donors (Lipinski definition) is 1. The Hall–Kier alpha value is 0.250. The van der Waals surface area contributed by atoms with Crippen LogP contribution in [-0.4, -0.2) is 18.0 Å². The van der Waals surface area contributed by atoms with Crippen molar-refractivity contribution in [3.05, 3.63) is 0 Å². The summed E-state index contributed by atoms with van der Waals surface area (Å²) >= 11 is 5.90. The highest BCUT2D eigenvalue weighted by Gasteiger charge is 2.11. The van der Waals surface area contributed by atoms with Gasteiger partial charge in [0, 0.05) is 11.4 Å². The van der Waals surface area contributed by atoms with Gasteiger partial charge in [-0.05, 0) is 38.6 Å². The quantitative estimate of drug-likeness (QED) is 0.679. The Kier molecular flexibility index (Phi) is 5.98. The van der Waals surface area contributed by atoms with Gasteiger partial charge in [-0.1, -0.05) is 20.8 Å². The molecule has 2 unspecified atom stereocenters. The molecule has 0 fully saturated rings. The maximum atomic E-state index is 5.90. The molecular weight excluding hydrogens is 182 g/mol. The van der Waals surface area contributed by atoms with E-state index in [4.69, 9.17) is 11.6 Å². The fraction of sp³-hybridized carbons (Fsp3) is 1.00. The molecule has 0 heterocycles. The van der Waals surface area contributed by atoms with Gasteiger partial charge in [0.15, 0.2) is 0 Å². The largest absolute Gasteiger partial charge is 0.314 e. The Morgan fingerprint density at radius 1 is 1.23 bits per heavy atom. The zero-order valence-electron chi connectivity index (χ0n) is 9.65. The average molecular weight is 206 g/mol. The van der Waals surface area contributed by atoms with Gasteiger partial charge in [-0.3, -0.25) is 0 Å². The summed E-state index contributed by atoms with van der Waals surface area (Å²) in [5, 5.41) is 3.76. The number of hydrogen-bond acceptors (Lipinski definition) is 1. The lowest BCUT2D eigenvalue weighted by atomic mass is 9.92. The number of nitrogens with one attached hydrogen (secondary N) is 1. The summed E-state index contributed by atoms with van der Waals surface area (Å²) in [6, 6.07) is 0.537. The second-order valence-corrected chi connectivity index (χ2v) is 5.93. The van der Waals surface area contributed by atoms with Crippen LogP contribution in [0.4, 0.5) is 0 Å². The molecule has 2 heteroatoms. The lowest BCUT2D eigenvalue weighted by molar-refractivity contribution is 0.353. The molecule has 0 saturated carbocycles. The highest BCUT2D eigenvalue weighted by Crippen LogP contribution is 2.17. The van der Waals surface area contributed by atoms with Crippen molar-refractivity contribution in [3.8, 4) is 0 Å². The maximum absolute atomic E-state index is 5.90. The fourth-order valence-electron chi connectivity index (χ4n) is 1.26. The van der Waals surface area contributed by atoms with Gasteiger partial charge < -0.3 is 5.32 Å². The van der Waals surface area contributed by atoms with Crippen molar-refractivity contribution in [2.45, 2.75) is 58.9 Å². The van der Waals surface area contributed by atoms with Crippen LogP contribution in [0.1, 0.15) is 47.5 Å². The Labute approximate surface area is 88.2 Å². The van der Waals surface area contributed by atoms with E-state index in [1.54, 1.807) is 0 Å². The zero-order valence-corrected chi connectivity index (χ0v) is 10.4. The van der Waals surface area contributed by atoms with E-state index in [0.29, 0.717) is 11.5 Å². The molecule has 80 valence electrons. The minimum atomic E-state index is 0.275. The Morgan fingerprint density at radius 2 is 1.77 bits per heavy atom. The van der Waals surface area contributed by atoms with Crippen LogP contribution >= 0.6 is 11.6 Å². The van der Waals surface area contributed by atoms with E-state index in [2.05, 4.69) is 33.0 Å². The molecule has 0 aliphatic carbocycles. The second-order valence-electron chi connectivity index (χ2n) is 5.18. The monoisotopic (exact) mass is 205 g/mol. The van der Waals surface area contributed by atoms with E-state index in [0.717, 1.165) is 13.0 Å². The van der Waals surface area contributed by atoms with Gasteiger partial charge in [0.05, 0.1) is 0 Å². The zero-order chi connectivity index (χ0) is 10.5. The van der Waals surface area contributed by atoms with Crippen LogP contribution in [0.3, 0.4) is 0 Å². The molecule has 2 atom stereocenters. The molecule has 0 amide bonds. The molecule has 0 aliphatic heterocycles. The minimum Gasteiger partial charge on any atom is -0.314 e. The minimum absolute atomic E-state index is 0.275. The molecule has 0 aromatic rings. The molecular formula is C11H24ClN. The summed E-state index contributed by atoms with van der Waals surface area (Å²) in [6.45, 7) is 12.1. The smallest absolute Gasteiger partial charge is 0.0322 e. The molecule has 1 nitrogen and oxygen atoms in total. The van der Waals surface area contributed by atoms with Gasteiger partial charge in [-0.15, -0.1) is 11.6 Å². The first-order valence-corrected chi connectivity index (χ1v) is 5.62. The van der Waals surface area contributed by atoms with Crippen molar-refractivity contribution in [2.24, 2.45) is 5.41 Å². The third kappa shape index (κ3) is 10.2. The first kappa shape index (κ1) is 13.2. The van der Waals surface area contributed by atoms with Crippen LogP contribution in [0.25, 0.3) is 0 Å². The first-order valence-electron chi connectivity index (χ1n) is 5.19. The molecule has 0 bridgehead atoms. The van der Waals surface area contributed by atoms with E-state index < -0.39 is 0 Å². The third-order valence-corrected chi connectivity index (χ3v) is 2.22. The van der Waals surface area contributed by atoms with Crippen molar-refractivity contribution >= 4 is 11.6 Å². The number of rotatable bonds is 5. The molecule has 0 aromatic carbocycles. The SMILES string of the molecule is CC(Cl)CC(C)NCCC(C)(C)C. The topological polar surface area (TPSA) is 12.0 Å². The molecule has 0 aliphatic rings. The van der Waals surface area contributed by atoms with E-state index in [9.17, 15) is 0 Å². The number of halogens is 1. The van der Waals surface area contributed by atoms with Gasteiger partial charge in [0.25, 0.3) is 0 Å². The summed E-state index contributed by atoms with van der Waals surface area (Å²) in [6.07, 6.45) is 2.26. The van der Waals surface area contributed by atoms with Crippen LogP contribution in [0.5, 0.6) is 0 Å². The first-order chi connectivity index (χ1) is 5.81. The summed E-state index contributed by atoms with van der Waals surface area (Å²) in [5.41, 5.74) is 0.430. The maximum Gasteiger partial charge on any atom is 0.0322 e. The molecule has 0 radical (unpaired) electrons. The van der Waals surface area contributed by atoms with E-state index in [-0.39, 0.29) is 5.38 Å². The lowest BCUT2D eigenvalue weighted by Crippen LogP contribution is -2.30. The molecule has 1 N–H and O–H groups in total. The van der Waals surface area contributed by atoms with Crippen molar-refractivity contribution in [3.63, 3.8) is 0 Å². The molecule has 0 rings (SSSR count). The molecule has 0 spiro atoms. The van der Waals surface area contributed by atoms with Gasteiger partial charge in [-0.25, -0.2) is 0 Å². The van der Waals surface area contributed by atoms with Gasteiger partial charge >= 0.3 is 0 Å². The van der Waals surface area contributed by atoms with Crippen LogP contribution in [0.15, 0.2) is 0 Å². The van der Waals surface area contributed by atoms with Gasteiger partial charge in [-0.2, -0.15) is 0 Å². The van der Waals surface area contributed by atoms with Crippen LogP contribution in [-0.2, 0) is 0 Å². The fourth-order valence-corrected chi connectivity index (χ4v) is 1.53. The normalized spacial score (nSPS) is 17.1. The molecule has 0 saturated heterocycles. The average Bonchev–Trinajstić information content (AvgIpc) is 1.81. The standard InChI is InChI=1S/C11H24ClN/c1-9(12)8-10(2)13-7-6-11(3,4)5/h9-10,13H,6-8H2,1-5H3. The predicted molar refractivity (Wildman–Crippen MR) is 61.5 cm³/mol. The third-order valence-electron chi connectivity index (χ3n) is 2.05. The predicted octanol–water partition coefficient (Wildman–Crippen LogP) is 3.42. The lowest BCUT2D eigenvalue weighted by Gasteiger charge is -2.21. The summed E-state index contributed by atoms with van der Waals surface area (Å²) < 4.78 is 0. The van der Waals surface area contributed by atoms with Gasteiger partial charge in [0.2, 0.25) is 0 Å². The summed E-state index contributed by atoms with van der Waals surface area (Å²) in [5.74, 6) is 0. The highest BCUT2D eigenvalue weighted by molar-refractivity contribution is 6.20. The van der Waals surface area contributed by atoms with E-state index in [1.807, 2.05) is 6.92 Å². The summed E-state index contributed by atoms with van der Waals surface area (Å²) in [4.78, 5) is 0. The van der Waals surface area contributed by atoms with Crippen LogP contribution in [0, 0.1) is 5.41 Å². The summed E-state index contributed by atoms with van der Waals surface area (Å²) in [7, 11) is 0. The van der Waals surface area contributed by atoms with Crippen molar-refractivity contribution in [1.82, 2.24) is 5.32 Å². The van der Waals surface area contributed by atoms with Crippen LogP contribution < -0.4 is 5.32 Å². The Morgan fingerprint density at radius 3 is 2.15 bits per heavy atom. The van der Waals surface area contributed by atoms with Gasteiger partial charge in [0.1, 0.15) is 0 Å². The Bertz CT molecular complexity index is 127. The van der Waals surface area contributed by atoms with E-state index >= 15 is 0 Å².